The van der Waals surface area contributed by atoms with Gasteiger partial charge in [-0.1, -0.05) is 133 Å². The van der Waals surface area contributed by atoms with Crippen molar-refractivity contribution in [2.45, 2.75) is 0 Å². The summed E-state index contributed by atoms with van der Waals surface area (Å²) in [6.45, 7) is 0. The standard InChI is InChI=1S/C43H26N4O/c1-3-14-28(15-4-1)41-44-42(29-16-5-2-6-17-29)46-43(45-41)39-35(25-26-37-38(39)33-20-10-12-22-36(33)48-37)47-34-21-11-9-19-31(34)32-24-23-27-13-7-8-18-30(27)40(32)47/h1-26H. The first kappa shape index (κ1) is 26.6. The molecule has 0 aliphatic heterocycles. The van der Waals surface area contributed by atoms with Gasteiger partial charge in [-0.2, -0.15) is 0 Å². The molecule has 0 aliphatic carbocycles. The van der Waals surface area contributed by atoms with Crippen LogP contribution in [0.25, 0.3) is 94.4 Å². The minimum atomic E-state index is 0.584. The van der Waals surface area contributed by atoms with Crippen LogP contribution in [0.1, 0.15) is 0 Å². The van der Waals surface area contributed by atoms with Gasteiger partial charge >= 0.3 is 0 Å². The molecule has 0 atom stereocenters. The predicted molar refractivity (Wildman–Crippen MR) is 195 cm³/mol. The Morgan fingerprint density at radius 3 is 1.77 bits per heavy atom. The Balaban J connectivity index is 1.40. The van der Waals surface area contributed by atoms with Gasteiger partial charge in [-0.05, 0) is 29.7 Å². The van der Waals surface area contributed by atoms with Crippen LogP contribution in [0.4, 0.5) is 0 Å². The smallest absolute Gasteiger partial charge is 0.166 e. The van der Waals surface area contributed by atoms with Gasteiger partial charge in [0.1, 0.15) is 11.2 Å². The summed E-state index contributed by atoms with van der Waals surface area (Å²) in [6.07, 6.45) is 0. The molecule has 48 heavy (non-hydrogen) atoms. The Bertz CT molecular complexity index is 2780. The lowest BCUT2D eigenvalue weighted by Crippen LogP contribution is -2.04. The van der Waals surface area contributed by atoms with E-state index in [2.05, 4.69) is 89.5 Å². The van der Waals surface area contributed by atoms with E-state index in [4.69, 9.17) is 19.4 Å². The number of hydrogen-bond acceptors (Lipinski definition) is 4. The van der Waals surface area contributed by atoms with Gasteiger partial charge in [-0.3, -0.25) is 0 Å². The van der Waals surface area contributed by atoms with Gasteiger partial charge in [0.05, 0.1) is 22.3 Å². The molecular formula is C43H26N4O. The molecule has 5 heteroatoms. The topological polar surface area (TPSA) is 56.7 Å². The SMILES string of the molecule is c1ccc(-c2nc(-c3ccccc3)nc(-c3c(-n4c5ccccc5c5ccc6ccccc6c54)ccc4oc5ccccc5c34)n2)cc1. The number of benzene rings is 7. The summed E-state index contributed by atoms with van der Waals surface area (Å²) in [7, 11) is 0. The number of para-hydroxylation sites is 2. The van der Waals surface area contributed by atoms with Gasteiger partial charge < -0.3 is 8.98 Å². The van der Waals surface area contributed by atoms with Crippen molar-refractivity contribution in [1.29, 1.82) is 0 Å². The molecule has 0 aliphatic rings. The van der Waals surface area contributed by atoms with Crippen LogP contribution >= 0.6 is 0 Å². The van der Waals surface area contributed by atoms with E-state index in [1.165, 1.54) is 21.5 Å². The van der Waals surface area contributed by atoms with Gasteiger partial charge in [0, 0.05) is 38.1 Å². The van der Waals surface area contributed by atoms with Gasteiger partial charge in [-0.15, -0.1) is 0 Å². The van der Waals surface area contributed by atoms with Crippen molar-refractivity contribution in [3.05, 3.63) is 158 Å². The third-order valence-electron chi connectivity index (χ3n) is 9.24. The van der Waals surface area contributed by atoms with Crippen molar-refractivity contribution < 1.29 is 4.42 Å². The Morgan fingerprint density at radius 2 is 1.02 bits per heavy atom. The molecule has 0 N–H and O–H groups in total. The number of furan rings is 1. The monoisotopic (exact) mass is 614 g/mol. The summed E-state index contributed by atoms with van der Waals surface area (Å²) >= 11 is 0. The molecule has 0 bridgehead atoms. The average Bonchev–Trinajstić information content (AvgIpc) is 3.71. The molecule has 10 aromatic rings. The highest BCUT2D eigenvalue weighted by Crippen LogP contribution is 2.44. The largest absolute Gasteiger partial charge is 0.456 e. The number of rotatable bonds is 4. The maximum absolute atomic E-state index is 6.48. The molecule has 0 radical (unpaired) electrons. The lowest BCUT2D eigenvalue weighted by Gasteiger charge is -2.16. The fourth-order valence-corrected chi connectivity index (χ4v) is 7.12. The summed E-state index contributed by atoms with van der Waals surface area (Å²) in [5.41, 5.74) is 7.56. The molecule has 10 rings (SSSR count). The van der Waals surface area contributed by atoms with E-state index in [-0.39, 0.29) is 0 Å². The quantitative estimate of drug-likeness (QED) is 0.198. The van der Waals surface area contributed by atoms with Gasteiger partial charge in [0.2, 0.25) is 0 Å². The maximum Gasteiger partial charge on any atom is 0.166 e. The summed E-state index contributed by atoms with van der Waals surface area (Å²) in [6, 6.07) is 54.3. The Hall–Kier alpha value is -6.59. The van der Waals surface area contributed by atoms with Gasteiger partial charge in [-0.25, -0.2) is 15.0 Å². The summed E-state index contributed by atoms with van der Waals surface area (Å²) in [5, 5.41) is 6.73. The van der Waals surface area contributed by atoms with E-state index in [1.807, 2.05) is 72.8 Å². The van der Waals surface area contributed by atoms with Gasteiger partial charge in [0.15, 0.2) is 17.5 Å². The molecule has 0 saturated carbocycles. The molecule has 7 aromatic carbocycles. The Morgan fingerprint density at radius 1 is 0.417 bits per heavy atom. The fraction of sp³-hybridized carbons (Fsp3) is 0. The molecule has 0 fully saturated rings. The maximum atomic E-state index is 6.48. The lowest BCUT2D eigenvalue weighted by molar-refractivity contribution is 0.669. The third kappa shape index (κ3) is 4.01. The van der Waals surface area contributed by atoms with Crippen LogP contribution < -0.4 is 0 Å². The molecule has 0 spiro atoms. The van der Waals surface area contributed by atoms with Crippen molar-refractivity contribution in [1.82, 2.24) is 19.5 Å². The van der Waals surface area contributed by atoms with Crippen molar-refractivity contribution in [3.63, 3.8) is 0 Å². The summed E-state index contributed by atoms with van der Waals surface area (Å²) in [4.78, 5) is 15.5. The van der Waals surface area contributed by atoms with E-state index in [9.17, 15) is 0 Å². The minimum absolute atomic E-state index is 0.584. The highest BCUT2D eigenvalue weighted by atomic mass is 16.3. The Kier molecular flexibility index (Phi) is 5.81. The van der Waals surface area contributed by atoms with Crippen LogP contribution in [0.15, 0.2) is 162 Å². The van der Waals surface area contributed by atoms with Crippen molar-refractivity contribution in [2.75, 3.05) is 0 Å². The minimum Gasteiger partial charge on any atom is -0.456 e. The molecule has 224 valence electrons. The highest BCUT2D eigenvalue weighted by Gasteiger charge is 2.24. The second kappa shape index (κ2) is 10.5. The zero-order valence-corrected chi connectivity index (χ0v) is 25.7. The van der Waals surface area contributed by atoms with Crippen LogP contribution in [-0.4, -0.2) is 19.5 Å². The molecule has 0 unspecified atom stereocenters. The molecule has 0 amide bonds. The zero-order valence-electron chi connectivity index (χ0n) is 25.7. The van der Waals surface area contributed by atoms with Crippen LogP contribution in [-0.2, 0) is 0 Å². The molecule has 5 nitrogen and oxygen atoms in total. The number of aromatic nitrogens is 4. The fourth-order valence-electron chi connectivity index (χ4n) is 7.12. The van der Waals surface area contributed by atoms with Crippen LogP contribution in [0.5, 0.6) is 0 Å². The summed E-state index contributed by atoms with van der Waals surface area (Å²) in [5.74, 6) is 1.81. The first-order chi connectivity index (χ1) is 23.8. The first-order valence-electron chi connectivity index (χ1n) is 16.0. The van der Waals surface area contributed by atoms with E-state index in [0.717, 1.165) is 55.3 Å². The molecule has 3 heterocycles. The molecule has 3 aromatic heterocycles. The number of hydrogen-bond donors (Lipinski definition) is 0. The lowest BCUT2D eigenvalue weighted by atomic mass is 10.0. The molecular weight excluding hydrogens is 589 g/mol. The third-order valence-corrected chi connectivity index (χ3v) is 9.24. The second-order valence-corrected chi connectivity index (χ2v) is 12.0. The van der Waals surface area contributed by atoms with E-state index in [1.54, 1.807) is 0 Å². The van der Waals surface area contributed by atoms with E-state index >= 15 is 0 Å². The van der Waals surface area contributed by atoms with Gasteiger partial charge in [0.25, 0.3) is 0 Å². The van der Waals surface area contributed by atoms with Crippen LogP contribution in [0, 0.1) is 0 Å². The number of fused-ring (bicyclic) bond motifs is 8. The first-order valence-corrected chi connectivity index (χ1v) is 16.0. The zero-order chi connectivity index (χ0) is 31.6. The molecule has 0 saturated heterocycles. The second-order valence-electron chi connectivity index (χ2n) is 12.0. The Labute approximate surface area is 275 Å². The average molecular weight is 615 g/mol. The van der Waals surface area contributed by atoms with E-state index < -0.39 is 0 Å². The number of nitrogens with zero attached hydrogens (tertiary/aromatic N) is 4. The predicted octanol–water partition coefficient (Wildman–Crippen LogP) is 11.0. The van der Waals surface area contributed by atoms with Crippen molar-refractivity contribution in [3.8, 4) is 39.9 Å². The van der Waals surface area contributed by atoms with E-state index in [0.29, 0.717) is 17.5 Å². The van der Waals surface area contributed by atoms with Crippen molar-refractivity contribution >= 4 is 54.5 Å². The summed E-state index contributed by atoms with van der Waals surface area (Å²) < 4.78 is 8.87. The van der Waals surface area contributed by atoms with Crippen LogP contribution in [0.2, 0.25) is 0 Å². The highest BCUT2D eigenvalue weighted by molar-refractivity contribution is 6.20. The van der Waals surface area contributed by atoms with Crippen LogP contribution in [0.3, 0.4) is 0 Å². The van der Waals surface area contributed by atoms with Crippen molar-refractivity contribution in [2.24, 2.45) is 0 Å². The normalized spacial score (nSPS) is 11.8.